The van der Waals surface area contributed by atoms with Crippen LogP contribution in [0.2, 0.25) is 0 Å². The van der Waals surface area contributed by atoms with Gasteiger partial charge in [0.1, 0.15) is 0 Å². The lowest BCUT2D eigenvalue weighted by Gasteiger charge is -2.28. The van der Waals surface area contributed by atoms with Crippen molar-refractivity contribution >= 4 is 10.0 Å². The molecule has 1 saturated carbocycles. The molecule has 5 heteroatoms. The molecule has 1 fully saturated rings. The second-order valence-electron chi connectivity index (χ2n) is 3.99. The van der Waals surface area contributed by atoms with Crippen molar-refractivity contribution in [2.75, 3.05) is 5.75 Å². The lowest BCUT2D eigenvalue weighted by Crippen LogP contribution is -2.49. The van der Waals surface area contributed by atoms with E-state index in [2.05, 4.69) is 4.72 Å². The van der Waals surface area contributed by atoms with E-state index in [9.17, 15) is 8.42 Å². The van der Waals surface area contributed by atoms with Gasteiger partial charge in [-0.05, 0) is 19.3 Å². The van der Waals surface area contributed by atoms with Crippen LogP contribution in [0.5, 0.6) is 0 Å². The maximum atomic E-state index is 11.5. The van der Waals surface area contributed by atoms with Gasteiger partial charge in [0, 0.05) is 12.1 Å². The van der Waals surface area contributed by atoms with E-state index in [0.29, 0.717) is 6.42 Å². The molecule has 84 valence electrons. The Hall–Kier alpha value is -0.130. The third-order valence-electron chi connectivity index (χ3n) is 2.62. The van der Waals surface area contributed by atoms with Crippen molar-refractivity contribution in [2.45, 2.75) is 51.1 Å². The summed E-state index contributed by atoms with van der Waals surface area (Å²) in [4.78, 5) is 0. The molecule has 1 aliphatic carbocycles. The molecule has 14 heavy (non-hydrogen) atoms. The predicted molar refractivity (Wildman–Crippen MR) is 57.4 cm³/mol. The zero-order valence-corrected chi connectivity index (χ0v) is 9.52. The number of hydrogen-bond donors (Lipinski definition) is 2. The average Bonchev–Trinajstić information content (AvgIpc) is 2.08. The summed E-state index contributed by atoms with van der Waals surface area (Å²) in [7, 11) is -3.09. The molecule has 0 aromatic carbocycles. The molecule has 0 saturated heterocycles. The van der Waals surface area contributed by atoms with Crippen LogP contribution in [0.15, 0.2) is 0 Å². The molecule has 0 spiro atoms. The minimum atomic E-state index is -3.09. The standard InChI is InChI=1S/C9H20N2O2S/c1-2-7-14(12,13)11-9-6-4-3-5-8(9)10/h8-9,11H,2-7,10H2,1H3/t8-,9-/m1/s1. The Bertz CT molecular complexity index is 264. The number of nitrogens with one attached hydrogen (secondary N) is 1. The van der Waals surface area contributed by atoms with Crippen LogP contribution < -0.4 is 10.5 Å². The summed E-state index contributed by atoms with van der Waals surface area (Å²) < 4.78 is 25.6. The van der Waals surface area contributed by atoms with Crippen molar-refractivity contribution in [3.63, 3.8) is 0 Å². The van der Waals surface area contributed by atoms with E-state index in [-0.39, 0.29) is 17.8 Å². The average molecular weight is 220 g/mol. The number of sulfonamides is 1. The fourth-order valence-electron chi connectivity index (χ4n) is 1.86. The third kappa shape index (κ3) is 3.55. The Morgan fingerprint density at radius 2 is 2.00 bits per heavy atom. The third-order valence-corrected chi connectivity index (χ3v) is 4.23. The normalized spacial score (nSPS) is 29.0. The SMILES string of the molecule is CCCS(=O)(=O)N[C@@H]1CCCC[C@H]1N. The molecule has 1 rings (SSSR count). The highest BCUT2D eigenvalue weighted by atomic mass is 32.2. The van der Waals surface area contributed by atoms with Crippen molar-refractivity contribution < 1.29 is 8.42 Å². The van der Waals surface area contributed by atoms with Crippen molar-refractivity contribution in [1.29, 1.82) is 0 Å². The Morgan fingerprint density at radius 1 is 1.36 bits per heavy atom. The summed E-state index contributed by atoms with van der Waals surface area (Å²) in [5.41, 5.74) is 5.86. The summed E-state index contributed by atoms with van der Waals surface area (Å²) in [6.07, 6.45) is 4.65. The molecular formula is C9H20N2O2S. The van der Waals surface area contributed by atoms with Crippen LogP contribution in [0, 0.1) is 0 Å². The van der Waals surface area contributed by atoms with E-state index in [0.717, 1.165) is 25.7 Å². The molecule has 0 aromatic rings. The van der Waals surface area contributed by atoms with Gasteiger partial charge in [0.2, 0.25) is 10.0 Å². The molecule has 0 unspecified atom stereocenters. The highest BCUT2D eigenvalue weighted by Gasteiger charge is 2.25. The van der Waals surface area contributed by atoms with Crippen molar-refractivity contribution in [3.05, 3.63) is 0 Å². The minimum absolute atomic E-state index is 0.00428. The largest absolute Gasteiger partial charge is 0.326 e. The fourth-order valence-corrected chi connectivity index (χ4v) is 3.27. The Balaban J connectivity index is 2.49. The van der Waals surface area contributed by atoms with E-state index in [1.165, 1.54) is 0 Å². The van der Waals surface area contributed by atoms with Gasteiger partial charge in [-0.15, -0.1) is 0 Å². The van der Waals surface area contributed by atoms with Crippen molar-refractivity contribution in [3.8, 4) is 0 Å². The van der Waals surface area contributed by atoms with Gasteiger partial charge in [-0.2, -0.15) is 0 Å². The molecule has 1 aliphatic rings. The predicted octanol–water partition coefficient (Wildman–Crippen LogP) is 0.586. The minimum Gasteiger partial charge on any atom is -0.326 e. The van der Waals surface area contributed by atoms with Crippen molar-refractivity contribution in [1.82, 2.24) is 4.72 Å². The van der Waals surface area contributed by atoms with Gasteiger partial charge in [0.15, 0.2) is 0 Å². The van der Waals surface area contributed by atoms with Gasteiger partial charge < -0.3 is 5.73 Å². The smallest absolute Gasteiger partial charge is 0.211 e. The Labute approximate surface area is 86.3 Å². The Kier molecular flexibility index (Phi) is 4.34. The van der Waals surface area contributed by atoms with Crippen molar-refractivity contribution in [2.24, 2.45) is 5.73 Å². The van der Waals surface area contributed by atoms with Crippen LogP contribution in [0.3, 0.4) is 0 Å². The quantitative estimate of drug-likeness (QED) is 0.728. The fraction of sp³-hybridized carbons (Fsp3) is 1.00. The van der Waals surface area contributed by atoms with Crippen LogP contribution in [0.1, 0.15) is 39.0 Å². The topological polar surface area (TPSA) is 72.2 Å². The van der Waals surface area contributed by atoms with E-state index < -0.39 is 10.0 Å². The van der Waals surface area contributed by atoms with Crippen LogP contribution >= 0.6 is 0 Å². The molecule has 2 atom stereocenters. The van der Waals surface area contributed by atoms with E-state index in [4.69, 9.17) is 5.73 Å². The summed E-state index contributed by atoms with van der Waals surface area (Å²) in [6, 6.07) is -0.0457. The first kappa shape index (κ1) is 11.9. The maximum absolute atomic E-state index is 11.5. The Morgan fingerprint density at radius 3 is 2.57 bits per heavy atom. The maximum Gasteiger partial charge on any atom is 0.211 e. The van der Waals surface area contributed by atoms with Crippen LogP contribution in [-0.2, 0) is 10.0 Å². The molecule has 4 nitrogen and oxygen atoms in total. The first-order valence-electron chi connectivity index (χ1n) is 5.31. The number of hydrogen-bond acceptors (Lipinski definition) is 3. The first-order chi connectivity index (χ1) is 6.55. The molecule has 0 heterocycles. The number of rotatable bonds is 4. The molecule has 3 N–H and O–H groups in total. The van der Waals surface area contributed by atoms with Crippen LogP contribution in [0.4, 0.5) is 0 Å². The molecule has 0 radical (unpaired) electrons. The monoisotopic (exact) mass is 220 g/mol. The molecule has 0 aromatic heterocycles. The van der Waals surface area contributed by atoms with Gasteiger partial charge in [-0.1, -0.05) is 19.8 Å². The zero-order valence-electron chi connectivity index (χ0n) is 8.70. The summed E-state index contributed by atoms with van der Waals surface area (Å²) in [5.74, 6) is 0.205. The van der Waals surface area contributed by atoms with Gasteiger partial charge in [-0.25, -0.2) is 13.1 Å². The van der Waals surface area contributed by atoms with Gasteiger partial charge in [0.05, 0.1) is 5.75 Å². The number of nitrogens with two attached hydrogens (primary N) is 1. The lowest BCUT2D eigenvalue weighted by atomic mass is 9.92. The van der Waals surface area contributed by atoms with E-state index >= 15 is 0 Å². The molecule has 0 aliphatic heterocycles. The molecule has 0 bridgehead atoms. The van der Waals surface area contributed by atoms with Gasteiger partial charge in [-0.3, -0.25) is 0 Å². The highest BCUT2D eigenvalue weighted by molar-refractivity contribution is 7.89. The van der Waals surface area contributed by atoms with E-state index in [1.54, 1.807) is 0 Å². The molecule has 0 amide bonds. The van der Waals surface area contributed by atoms with Gasteiger partial charge >= 0.3 is 0 Å². The van der Waals surface area contributed by atoms with E-state index in [1.807, 2.05) is 6.92 Å². The highest BCUT2D eigenvalue weighted by Crippen LogP contribution is 2.17. The first-order valence-corrected chi connectivity index (χ1v) is 6.96. The summed E-state index contributed by atoms with van der Waals surface area (Å²) in [5, 5.41) is 0. The summed E-state index contributed by atoms with van der Waals surface area (Å²) >= 11 is 0. The second-order valence-corrected chi connectivity index (χ2v) is 5.86. The van der Waals surface area contributed by atoms with Gasteiger partial charge in [0.25, 0.3) is 0 Å². The lowest BCUT2D eigenvalue weighted by molar-refractivity contribution is 0.361. The summed E-state index contributed by atoms with van der Waals surface area (Å²) in [6.45, 7) is 1.86. The molecular weight excluding hydrogens is 200 g/mol. The van der Waals surface area contributed by atoms with Crippen LogP contribution in [0.25, 0.3) is 0 Å². The second kappa shape index (κ2) is 5.09. The zero-order chi connectivity index (χ0) is 10.6. The van der Waals surface area contributed by atoms with Crippen LogP contribution in [-0.4, -0.2) is 26.3 Å².